The van der Waals surface area contributed by atoms with Gasteiger partial charge in [-0.15, -0.1) is 0 Å². The number of carbonyl (C=O) groups excluding carboxylic acids is 1. The van der Waals surface area contributed by atoms with Gasteiger partial charge in [0.25, 0.3) is 0 Å². The molecule has 4 aromatic rings. The van der Waals surface area contributed by atoms with Crippen LogP contribution in [0.15, 0.2) is 115 Å². The van der Waals surface area contributed by atoms with Gasteiger partial charge in [0.05, 0.1) is 11.0 Å². The summed E-state index contributed by atoms with van der Waals surface area (Å²) in [4.78, 5) is 12.0. The van der Waals surface area contributed by atoms with Gasteiger partial charge in [-0.25, -0.2) is 13.7 Å². The Kier molecular flexibility index (Phi) is 8.77. The Morgan fingerprint density at radius 1 is 0.711 bits per heavy atom. The number of aryl methyl sites for hydroxylation is 1. The number of benzene rings is 4. The van der Waals surface area contributed by atoms with E-state index in [1.54, 1.807) is 0 Å². The normalized spacial score (nSPS) is 12.5. The van der Waals surface area contributed by atoms with Gasteiger partial charge in [-0.3, -0.25) is 5.32 Å². The topological polar surface area (TPSA) is 67.4 Å². The van der Waals surface area contributed by atoms with Crippen LogP contribution in [-0.2, 0) is 27.7 Å². The average Bonchev–Trinajstić information content (AvgIpc) is 2.92. The molecule has 196 valence electrons. The van der Waals surface area contributed by atoms with E-state index in [2.05, 4.69) is 46.4 Å². The van der Waals surface area contributed by atoms with Crippen molar-refractivity contribution in [3.8, 4) is 0 Å². The first-order chi connectivity index (χ1) is 18.3. The van der Waals surface area contributed by atoms with Crippen molar-refractivity contribution in [3.05, 3.63) is 138 Å². The Hall–Kier alpha value is -3.74. The van der Waals surface area contributed by atoms with E-state index < -0.39 is 28.2 Å². The summed E-state index contributed by atoms with van der Waals surface area (Å²) in [5.74, 6) is 0.424. The van der Waals surface area contributed by atoms with Gasteiger partial charge in [0, 0.05) is 11.4 Å². The van der Waals surface area contributed by atoms with E-state index >= 15 is 0 Å². The standard InChI is InChI=1S/C32H34N2O3S/c1-31(2,3)37-30(35)33-29-21-19-25(20-22-29)23-24-38(36)34-32(26-13-7-4-8-14-26,27-15-9-5-10-16-27)28-17-11-6-12-18-28/h4-22,34H,23-24H2,1-3H3,(H,33,35). The Balaban J connectivity index is 1.53. The van der Waals surface area contributed by atoms with Crippen LogP contribution in [0.1, 0.15) is 43.0 Å². The predicted octanol–water partition coefficient (Wildman–Crippen LogP) is 6.82. The number of nitrogens with one attached hydrogen (secondary N) is 2. The highest BCUT2D eigenvalue weighted by molar-refractivity contribution is 7.83. The molecule has 0 heterocycles. The van der Waals surface area contributed by atoms with Gasteiger partial charge in [0.2, 0.25) is 0 Å². The quantitative estimate of drug-likeness (QED) is 0.235. The third-order valence-corrected chi connectivity index (χ3v) is 7.17. The maximum atomic E-state index is 13.6. The summed E-state index contributed by atoms with van der Waals surface area (Å²) >= 11 is 0. The molecule has 0 aliphatic carbocycles. The van der Waals surface area contributed by atoms with Crippen LogP contribution in [0, 0.1) is 0 Å². The van der Waals surface area contributed by atoms with E-state index in [4.69, 9.17) is 4.74 Å². The minimum atomic E-state index is -1.36. The molecule has 0 saturated carbocycles. The van der Waals surface area contributed by atoms with E-state index in [-0.39, 0.29) is 0 Å². The summed E-state index contributed by atoms with van der Waals surface area (Å²) in [7, 11) is -1.36. The molecule has 0 bridgehead atoms. The molecule has 0 radical (unpaired) electrons. The SMILES string of the molecule is CC(C)(C)OC(=O)Nc1ccc(CCS(=O)NC(c2ccccc2)(c2ccccc2)c2ccccc2)cc1. The third-order valence-electron chi connectivity index (χ3n) is 6.06. The van der Waals surface area contributed by atoms with Gasteiger partial charge in [0.1, 0.15) is 11.1 Å². The molecule has 38 heavy (non-hydrogen) atoms. The molecule has 0 aliphatic rings. The van der Waals surface area contributed by atoms with Gasteiger partial charge in [-0.05, 0) is 61.6 Å². The van der Waals surface area contributed by atoms with Crippen molar-refractivity contribution in [1.82, 2.24) is 4.72 Å². The van der Waals surface area contributed by atoms with Crippen molar-refractivity contribution in [3.63, 3.8) is 0 Å². The molecule has 0 spiro atoms. The maximum Gasteiger partial charge on any atom is 0.412 e. The fourth-order valence-electron chi connectivity index (χ4n) is 4.35. The van der Waals surface area contributed by atoms with Crippen LogP contribution in [0.25, 0.3) is 0 Å². The largest absolute Gasteiger partial charge is 0.444 e. The zero-order valence-corrected chi connectivity index (χ0v) is 22.8. The van der Waals surface area contributed by atoms with Gasteiger partial charge in [-0.1, -0.05) is 103 Å². The maximum absolute atomic E-state index is 13.6. The van der Waals surface area contributed by atoms with Crippen molar-refractivity contribution in [2.24, 2.45) is 0 Å². The second-order valence-electron chi connectivity index (χ2n) is 10.1. The molecule has 6 heteroatoms. The molecule has 0 fully saturated rings. The number of hydrogen-bond acceptors (Lipinski definition) is 3. The second kappa shape index (κ2) is 12.2. The van der Waals surface area contributed by atoms with E-state index in [0.29, 0.717) is 17.9 Å². The molecular weight excluding hydrogens is 492 g/mol. The number of anilines is 1. The highest BCUT2D eigenvalue weighted by Gasteiger charge is 2.37. The Morgan fingerprint density at radius 3 is 1.58 bits per heavy atom. The summed E-state index contributed by atoms with van der Waals surface area (Å²) in [6.45, 7) is 5.48. The van der Waals surface area contributed by atoms with Crippen LogP contribution in [0.4, 0.5) is 10.5 Å². The lowest BCUT2D eigenvalue weighted by molar-refractivity contribution is 0.0636. The smallest absolute Gasteiger partial charge is 0.412 e. The van der Waals surface area contributed by atoms with Crippen LogP contribution in [-0.4, -0.2) is 21.7 Å². The number of carbonyl (C=O) groups is 1. The molecule has 5 nitrogen and oxygen atoms in total. The molecule has 1 atom stereocenters. The predicted molar refractivity (Wildman–Crippen MR) is 155 cm³/mol. The lowest BCUT2D eigenvalue weighted by Gasteiger charge is -2.36. The summed E-state index contributed by atoms with van der Waals surface area (Å²) in [5, 5.41) is 2.74. The van der Waals surface area contributed by atoms with Gasteiger partial charge >= 0.3 is 6.09 Å². The molecule has 0 saturated heterocycles. The van der Waals surface area contributed by atoms with Crippen LogP contribution in [0.2, 0.25) is 0 Å². The average molecular weight is 527 g/mol. The lowest BCUT2D eigenvalue weighted by atomic mass is 9.78. The highest BCUT2D eigenvalue weighted by atomic mass is 32.2. The second-order valence-corrected chi connectivity index (χ2v) is 11.4. The minimum absolute atomic E-state index is 0.424. The number of ether oxygens (including phenoxy) is 1. The highest BCUT2D eigenvalue weighted by Crippen LogP contribution is 2.37. The zero-order valence-electron chi connectivity index (χ0n) is 22.0. The zero-order chi connectivity index (χ0) is 27.0. The van der Waals surface area contributed by atoms with Crippen LogP contribution < -0.4 is 10.0 Å². The number of amides is 1. The van der Waals surface area contributed by atoms with Gasteiger partial charge in [0.15, 0.2) is 0 Å². The van der Waals surface area contributed by atoms with Crippen molar-refractivity contribution >= 4 is 22.8 Å². The van der Waals surface area contributed by atoms with E-state index in [9.17, 15) is 9.00 Å². The van der Waals surface area contributed by atoms with Crippen molar-refractivity contribution in [2.45, 2.75) is 38.3 Å². The van der Waals surface area contributed by atoms with Gasteiger partial charge < -0.3 is 4.74 Å². The van der Waals surface area contributed by atoms with Crippen molar-refractivity contribution in [2.75, 3.05) is 11.1 Å². The molecule has 2 N–H and O–H groups in total. The van der Waals surface area contributed by atoms with E-state index in [1.807, 2.05) is 99.6 Å². The van der Waals surface area contributed by atoms with Gasteiger partial charge in [-0.2, -0.15) is 0 Å². The number of rotatable bonds is 9. The Morgan fingerprint density at radius 2 is 1.16 bits per heavy atom. The molecule has 0 aliphatic heterocycles. The minimum Gasteiger partial charge on any atom is -0.444 e. The van der Waals surface area contributed by atoms with Crippen LogP contribution in [0.5, 0.6) is 0 Å². The van der Waals surface area contributed by atoms with E-state index in [0.717, 1.165) is 22.3 Å². The van der Waals surface area contributed by atoms with Crippen molar-refractivity contribution in [1.29, 1.82) is 0 Å². The lowest BCUT2D eigenvalue weighted by Crippen LogP contribution is -2.46. The Labute approximate surface area is 227 Å². The fourth-order valence-corrected chi connectivity index (χ4v) is 5.57. The first-order valence-corrected chi connectivity index (χ1v) is 14.0. The molecule has 4 rings (SSSR count). The first kappa shape index (κ1) is 27.3. The van der Waals surface area contributed by atoms with Crippen LogP contribution in [0.3, 0.4) is 0 Å². The van der Waals surface area contributed by atoms with E-state index in [1.165, 1.54) is 0 Å². The molecule has 4 aromatic carbocycles. The number of hydrogen-bond donors (Lipinski definition) is 2. The summed E-state index contributed by atoms with van der Waals surface area (Å²) < 4.78 is 22.4. The first-order valence-electron chi connectivity index (χ1n) is 12.7. The van der Waals surface area contributed by atoms with Crippen molar-refractivity contribution < 1.29 is 13.7 Å². The summed E-state index contributed by atoms with van der Waals surface area (Å²) in [5.41, 5.74) is 3.39. The Bertz CT molecular complexity index is 1240. The molecule has 0 aromatic heterocycles. The molecular formula is C32H34N2O3S. The molecule has 1 amide bonds. The third kappa shape index (κ3) is 6.97. The molecule has 1 unspecified atom stereocenters. The van der Waals surface area contributed by atoms with Crippen LogP contribution >= 0.6 is 0 Å². The monoisotopic (exact) mass is 526 g/mol. The summed E-state index contributed by atoms with van der Waals surface area (Å²) in [6.07, 6.45) is 0.121. The fraction of sp³-hybridized carbons (Fsp3) is 0.219. The summed E-state index contributed by atoms with van der Waals surface area (Å²) in [6, 6.07) is 38.0.